The van der Waals surface area contributed by atoms with Crippen LogP contribution in [0, 0.1) is 0 Å². The number of nitrogens with zero attached hydrogens (tertiary/aromatic N) is 5. The number of nitrogens with one attached hydrogen (secondary N) is 1. The normalized spacial score (nSPS) is 16.9. The number of piperazine rings is 1. The number of nitrogen functional groups attached to an aromatic ring is 1. The molecule has 0 bridgehead atoms. The number of nitrogens with two attached hydrogens (primary N) is 1. The number of ether oxygens (including phenoxy) is 1. The van der Waals surface area contributed by atoms with E-state index in [9.17, 15) is 4.79 Å². The molecule has 3 rings (SSSR count). The molecule has 0 aromatic carbocycles. The van der Waals surface area contributed by atoms with E-state index >= 15 is 0 Å². The first kappa shape index (κ1) is 22.6. The number of aromatic nitrogens is 4. The molecule has 2 aromatic heterocycles. The van der Waals surface area contributed by atoms with E-state index in [-0.39, 0.29) is 23.6 Å². The number of imidazole rings is 1. The Bertz CT molecular complexity index is 855. The predicted octanol–water partition coefficient (Wildman–Crippen LogP) is 2.08. The van der Waals surface area contributed by atoms with Gasteiger partial charge in [0, 0.05) is 32.7 Å². The molecule has 9 nitrogen and oxygen atoms in total. The maximum atomic E-state index is 12.4. The minimum Gasteiger partial charge on any atom is -0.460 e. The van der Waals surface area contributed by atoms with Gasteiger partial charge in [-0.05, 0) is 39.3 Å². The highest BCUT2D eigenvalue weighted by atomic mass is 16.5. The van der Waals surface area contributed by atoms with Crippen LogP contribution in [0.4, 0.5) is 5.82 Å². The summed E-state index contributed by atoms with van der Waals surface area (Å²) in [5, 5.41) is 0. The zero-order valence-electron chi connectivity index (χ0n) is 18.7. The molecule has 0 spiro atoms. The van der Waals surface area contributed by atoms with Gasteiger partial charge < -0.3 is 25.3 Å². The van der Waals surface area contributed by atoms with E-state index in [0.29, 0.717) is 17.7 Å². The Kier molecular flexibility index (Phi) is 8.09. The number of rotatable bonds is 11. The highest BCUT2D eigenvalue weighted by Crippen LogP contribution is 2.19. The van der Waals surface area contributed by atoms with Gasteiger partial charge in [0.2, 0.25) is 0 Å². The van der Waals surface area contributed by atoms with Crippen LogP contribution in [0.5, 0.6) is 6.01 Å². The van der Waals surface area contributed by atoms with Gasteiger partial charge in [0.1, 0.15) is 5.52 Å². The smallest absolute Gasteiger partial charge is 0.327 e. The van der Waals surface area contributed by atoms with Crippen LogP contribution in [0.25, 0.3) is 11.2 Å². The molecule has 1 saturated heterocycles. The van der Waals surface area contributed by atoms with Gasteiger partial charge in [-0.3, -0.25) is 4.57 Å². The van der Waals surface area contributed by atoms with Crippen LogP contribution in [-0.4, -0.2) is 74.7 Å². The largest absolute Gasteiger partial charge is 0.460 e. The molecular weight excluding hydrogens is 382 g/mol. The summed E-state index contributed by atoms with van der Waals surface area (Å²) in [5.41, 5.74) is 6.87. The van der Waals surface area contributed by atoms with Crippen LogP contribution in [0.15, 0.2) is 4.79 Å². The first-order chi connectivity index (χ1) is 14.5. The Balaban J connectivity index is 1.54. The fourth-order valence-corrected chi connectivity index (χ4v) is 4.05. The molecule has 1 fully saturated rings. The standard InChI is InChI=1S/C21H37N7O2/c1-4-9-16(3)30-20-24-18(22)17-19(25-20)28(21(29)23-17)11-8-6-7-10-27-14-12-26(5-2)13-15-27/h16H,4-15H2,1-3H3,(H,23,29)(H2,22,24,25)/t16-/m0/s1. The van der Waals surface area contributed by atoms with Crippen LogP contribution in [0.2, 0.25) is 0 Å². The SMILES string of the molecule is CCC[C@H](C)Oc1nc(N)c2[nH]c(=O)n(CCCCCN3CCN(CC)CC3)c2n1. The van der Waals surface area contributed by atoms with Gasteiger partial charge in [-0.2, -0.15) is 9.97 Å². The number of fused-ring (bicyclic) bond motifs is 1. The third kappa shape index (κ3) is 5.72. The van der Waals surface area contributed by atoms with E-state index in [1.165, 1.54) is 13.1 Å². The zero-order chi connectivity index (χ0) is 21.5. The van der Waals surface area contributed by atoms with Crippen molar-refractivity contribution in [2.45, 2.75) is 65.5 Å². The molecule has 0 amide bonds. The first-order valence-corrected chi connectivity index (χ1v) is 11.4. The maximum absolute atomic E-state index is 12.4. The van der Waals surface area contributed by atoms with Crippen LogP contribution in [0.3, 0.4) is 0 Å². The van der Waals surface area contributed by atoms with Gasteiger partial charge in [-0.25, -0.2) is 4.79 Å². The fourth-order valence-electron chi connectivity index (χ4n) is 4.05. The van der Waals surface area contributed by atoms with Crippen LogP contribution < -0.4 is 16.2 Å². The van der Waals surface area contributed by atoms with Crippen molar-refractivity contribution < 1.29 is 4.74 Å². The minimum absolute atomic E-state index is 0.00477. The third-order valence-corrected chi connectivity index (χ3v) is 5.90. The van der Waals surface area contributed by atoms with Gasteiger partial charge in [-0.15, -0.1) is 0 Å². The summed E-state index contributed by atoms with van der Waals surface area (Å²) in [7, 11) is 0. The summed E-state index contributed by atoms with van der Waals surface area (Å²) in [4.78, 5) is 28.9. The molecule has 1 aliphatic rings. The van der Waals surface area contributed by atoms with Gasteiger partial charge >= 0.3 is 11.7 Å². The summed E-state index contributed by atoms with van der Waals surface area (Å²) in [6.07, 6.45) is 5.07. The molecule has 0 radical (unpaired) electrons. The van der Waals surface area contributed by atoms with E-state index in [1.54, 1.807) is 4.57 Å². The lowest BCUT2D eigenvalue weighted by atomic mass is 10.2. The Hall–Kier alpha value is -2.13. The number of likely N-dealkylation sites (N-methyl/N-ethyl adjacent to an activating group) is 1. The molecule has 9 heteroatoms. The van der Waals surface area contributed by atoms with Crippen molar-refractivity contribution in [2.75, 3.05) is 45.0 Å². The van der Waals surface area contributed by atoms with E-state index in [2.05, 4.69) is 38.6 Å². The molecule has 30 heavy (non-hydrogen) atoms. The number of anilines is 1. The average Bonchev–Trinajstić information content (AvgIpc) is 3.04. The number of hydrogen-bond donors (Lipinski definition) is 2. The maximum Gasteiger partial charge on any atom is 0.327 e. The number of H-pyrrole nitrogens is 1. The molecule has 3 N–H and O–H groups in total. The van der Waals surface area contributed by atoms with E-state index in [0.717, 1.165) is 58.3 Å². The van der Waals surface area contributed by atoms with Crippen molar-refractivity contribution in [2.24, 2.45) is 0 Å². The minimum atomic E-state index is -0.194. The third-order valence-electron chi connectivity index (χ3n) is 5.90. The molecule has 0 saturated carbocycles. The lowest BCUT2D eigenvalue weighted by Crippen LogP contribution is -2.46. The van der Waals surface area contributed by atoms with E-state index in [4.69, 9.17) is 10.5 Å². The van der Waals surface area contributed by atoms with Gasteiger partial charge in [0.25, 0.3) is 0 Å². The monoisotopic (exact) mass is 419 g/mol. The number of aromatic amines is 1. The Labute approximate surface area is 178 Å². The average molecular weight is 420 g/mol. The van der Waals surface area contributed by atoms with Crippen LogP contribution >= 0.6 is 0 Å². The molecule has 0 unspecified atom stereocenters. The van der Waals surface area contributed by atoms with Gasteiger partial charge in [0.15, 0.2) is 11.5 Å². The Morgan fingerprint density at radius 3 is 2.47 bits per heavy atom. The summed E-state index contributed by atoms with van der Waals surface area (Å²) in [6, 6.07) is 0.236. The molecule has 1 atom stereocenters. The van der Waals surface area contributed by atoms with Crippen molar-refractivity contribution in [1.29, 1.82) is 0 Å². The quantitative estimate of drug-likeness (QED) is 0.537. The van der Waals surface area contributed by atoms with Crippen molar-refractivity contribution in [1.82, 2.24) is 29.3 Å². The Morgan fingerprint density at radius 2 is 1.77 bits per heavy atom. The molecular formula is C21H37N7O2. The highest BCUT2D eigenvalue weighted by molar-refractivity contribution is 5.81. The van der Waals surface area contributed by atoms with Crippen molar-refractivity contribution >= 4 is 17.0 Å². The van der Waals surface area contributed by atoms with Crippen LogP contribution in [-0.2, 0) is 6.54 Å². The molecule has 1 aliphatic heterocycles. The molecule has 0 aliphatic carbocycles. The van der Waals surface area contributed by atoms with Crippen LogP contribution in [0.1, 0.15) is 52.9 Å². The van der Waals surface area contributed by atoms with Crippen molar-refractivity contribution in [3.63, 3.8) is 0 Å². The lowest BCUT2D eigenvalue weighted by molar-refractivity contribution is 0.135. The molecule has 168 valence electrons. The summed E-state index contributed by atoms with van der Waals surface area (Å²) in [5.74, 6) is 0.251. The highest BCUT2D eigenvalue weighted by Gasteiger charge is 2.17. The lowest BCUT2D eigenvalue weighted by Gasteiger charge is -2.33. The summed E-state index contributed by atoms with van der Waals surface area (Å²) >= 11 is 0. The van der Waals surface area contributed by atoms with E-state index < -0.39 is 0 Å². The Morgan fingerprint density at radius 1 is 1.07 bits per heavy atom. The fraction of sp³-hybridized carbons (Fsp3) is 0.762. The van der Waals surface area contributed by atoms with Gasteiger partial charge in [0.05, 0.1) is 6.10 Å². The van der Waals surface area contributed by atoms with Gasteiger partial charge in [-0.1, -0.05) is 26.7 Å². The second kappa shape index (κ2) is 10.8. The van der Waals surface area contributed by atoms with E-state index in [1.807, 2.05) is 6.92 Å². The van der Waals surface area contributed by atoms with Crippen molar-refractivity contribution in [3.8, 4) is 6.01 Å². The predicted molar refractivity (Wildman–Crippen MR) is 120 cm³/mol. The molecule has 3 heterocycles. The summed E-state index contributed by atoms with van der Waals surface area (Å²) < 4.78 is 7.45. The topological polar surface area (TPSA) is 105 Å². The number of unbranched alkanes of at least 4 members (excludes halogenated alkanes) is 2. The zero-order valence-corrected chi connectivity index (χ0v) is 18.7. The first-order valence-electron chi connectivity index (χ1n) is 11.4. The van der Waals surface area contributed by atoms with Crippen molar-refractivity contribution in [3.05, 3.63) is 10.5 Å². The number of hydrogen-bond acceptors (Lipinski definition) is 7. The number of aryl methyl sites for hydroxylation is 1. The second-order valence-corrected chi connectivity index (χ2v) is 8.23. The molecule has 2 aromatic rings. The summed E-state index contributed by atoms with van der Waals surface area (Å²) in [6.45, 7) is 13.9. The second-order valence-electron chi connectivity index (χ2n) is 8.23.